The van der Waals surface area contributed by atoms with Crippen LogP contribution in [0, 0.1) is 0 Å². The van der Waals surface area contributed by atoms with E-state index in [1.165, 1.54) is 0 Å². The molecule has 0 rings (SSSR count). The van der Waals surface area contributed by atoms with Crippen LogP contribution in [0.1, 0.15) is 13.8 Å². The first-order valence-corrected chi connectivity index (χ1v) is 1.82. The Hall–Kier alpha value is -0.516. The van der Waals surface area contributed by atoms with Gasteiger partial charge in [0.15, 0.2) is 0 Å². The Kier molecular flexibility index (Phi) is 35.9. The molecule has 0 aromatic heterocycles. The number of hydrogen-bond acceptors (Lipinski definition) is 4. The van der Waals surface area contributed by atoms with Crippen molar-refractivity contribution in [3.63, 3.8) is 0 Å². The number of rotatable bonds is 0. The summed E-state index contributed by atoms with van der Waals surface area (Å²) in [4.78, 5) is 17.8. The van der Waals surface area contributed by atoms with Crippen LogP contribution in [0.5, 0.6) is 0 Å². The molecule has 0 aliphatic carbocycles. The summed E-state index contributed by atoms with van der Waals surface area (Å²) < 4.78 is 0. The standard InChI is InChI=1S/2C2H4O2.H2O.V/c2*1-2(3)4;;/h2*1H3,(H,3,4);1H2;/q;;;+2/p-2. The summed E-state index contributed by atoms with van der Waals surface area (Å²) in [5.41, 5.74) is 0. The molecule has 0 aromatic carbocycles. The maximum atomic E-state index is 8.89. The molecule has 0 aromatic rings. The summed E-state index contributed by atoms with van der Waals surface area (Å²) >= 11 is 0. The average molecular weight is 187 g/mol. The first kappa shape index (κ1) is 22.7. The van der Waals surface area contributed by atoms with Gasteiger partial charge in [-0.05, 0) is 13.8 Å². The monoisotopic (exact) mass is 187 g/mol. The molecule has 0 fully saturated rings. The fraction of sp³-hybridized carbons (Fsp3) is 0.500. The molecule has 0 bridgehead atoms. The fourth-order valence-corrected chi connectivity index (χ4v) is 0. The number of carboxylic acid groups (broad SMARTS) is 2. The summed E-state index contributed by atoms with van der Waals surface area (Å²) in [5.74, 6) is -2.17. The maximum Gasteiger partial charge on any atom is 2.00 e. The van der Waals surface area contributed by atoms with Crippen molar-refractivity contribution in [2.45, 2.75) is 13.8 Å². The van der Waals surface area contributed by atoms with Gasteiger partial charge in [-0.2, -0.15) is 0 Å². The molecule has 0 atom stereocenters. The Bertz CT molecular complexity index is 71.6. The number of hydrogen-bond donors (Lipinski definition) is 0. The van der Waals surface area contributed by atoms with E-state index in [2.05, 4.69) is 0 Å². The van der Waals surface area contributed by atoms with Crippen molar-refractivity contribution in [1.29, 1.82) is 0 Å². The summed E-state index contributed by atoms with van der Waals surface area (Å²) in [5, 5.41) is 17.8. The smallest absolute Gasteiger partial charge is 0.550 e. The van der Waals surface area contributed by atoms with Gasteiger partial charge in [-0.25, -0.2) is 0 Å². The van der Waals surface area contributed by atoms with Crippen molar-refractivity contribution >= 4 is 11.9 Å². The van der Waals surface area contributed by atoms with E-state index >= 15 is 0 Å². The zero-order valence-corrected chi connectivity index (χ0v) is 6.98. The van der Waals surface area contributed by atoms with Gasteiger partial charge in [0.25, 0.3) is 0 Å². The zero-order valence-electron chi connectivity index (χ0n) is 5.58. The minimum Gasteiger partial charge on any atom is -0.550 e. The Morgan fingerprint density at radius 1 is 1.00 bits per heavy atom. The van der Waals surface area contributed by atoms with Crippen LogP contribution < -0.4 is 10.2 Å². The molecule has 0 aliphatic heterocycles. The second-order valence-corrected chi connectivity index (χ2v) is 0.983. The van der Waals surface area contributed by atoms with Gasteiger partial charge >= 0.3 is 18.6 Å². The van der Waals surface area contributed by atoms with Crippen LogP contribution in [0.4, 0.5) is 0 Å². The zero-order chi connectivity index (χ0) is 7.15. The van der Waals surface area contributed by atoms with E-state index in [0.717, 1.165) is 13.8 Å². The van der Waals surface area contributed by atoms with Crippen molar-refractivity contribution in [2.75, 3.05) is 0 Å². The van der Waals surface area contributed by atoms with Crippen LogP contribution in [0.2, 0.25) is 0 Å². The van der Waals surface area contributed by atoms with Gasteiger partial charge in [0.2, 0.25) is 0 Å². The second kappa shape index (κ2) is 15.8. The number of carbonyl (C=O) groups is 2. The molecule has 0 aliphatic rings. The molecule has 5 nitrogen and oxygen atoms in total. The van der Waals surface area contributed by atoms with Gasteiger partial charge in [-0.3, -0.25) is 0 Å². The summed E-state index contributed by atoms with van der Waals surface area (Å²) in [6.07, 6.45) is 0. The third-order valence-electron chi connectivity index (χ3n) is 0. The quantitative estimate of drug-likeness (QED) is 0.395. The van der Waals surface area contributed by atoms with Crippen LogP contribution in [-0.4, -0.2) is 17.4 Å². The molecule has 6 heteroatoms. The molecular weight excluding hydrogens is 179 g/mol. The minimum absolute atomic E-state index is 0. The second-order valence-electron chi connectivity index (χ2n) is 0.983. The molecule has 59 valence electrons. The molecule has 1 radical (unpaired) electrons. The van der Waals surface area contributed by atoms with Gasteiger partial charge < -0.3 is 25.3 Å². The molecule has 0 amide bonds. The first-order valence-electron chi connectivity index (χ1n) is 1.82. The Balaban J connectivity index is -0.0000000300. The van der Waals surface area contributed by atoms with E-state index in [1.54, 1.807) is 0 Å². The van der Waals surface area contributed by atoms with Crippen LogP contribution in [0.3, 0.4) is 0 Å². The van der Waals surface area contributed by atoms with Crippen molar-refractivity contribution in [1.82, 2.24) is 0 Å². The normalized spacial score (nSPS) is 5.00. The Morgan fingerprint density at radius 3 is 1.00 bits per heavy atom. The summed E-state index contributed by atoms with van der Waals surface area (Å²) in [6.45, 7) is 1.94. The topological polar surface area (TPSA) is 112 Å². The largest absolute Gasteiger partial charge is 2.00 e. The van der Waals surface area contributed by atoms with E-state index in [9.17, 15) is 0 Å². The molecule has 0 heterocycles. The van der Waals surface area contributed by atoms with Crippen LogP contribution in [0.15, 0.2) is 0 Å². The van der Waals surface area contributed by atoms with E-state index in [4.69, 9.17) is 19.8 Å². The molecular formula is C4H8O5V. The van der Waals surface area contributed by atoms with Gasteiger partial charge in [0.05, 0.1) is 0 Å². The SMILES string of the molecule is CC(=O)[O-].CC(=O)[O-].O.[V+2]. The summed E-state index contributed by atoms with van der Waals surface area (Å²) in [7, 11) is 0. The van der Waals surface area contributed by atoms with Crippen molar-refractivity contribution < 1.29 is 43.8 Å². The van der Waals surface area contributed by atoms with Crippen molar-refractivity contribution in [3.05, 3.63) is 0 Å². The first-order chi connectivity index (χ1) is 3.46. The molecule has 0 spiro atoms. The van der Waals surface area contributed by atoms with Gasteiger partial charge in [-0.1, -0.05) is 0 Å². The molecule has 0 unspecified atom stereocenters. The number of aliphatic carboxylic acids is 2. The van der Waals surface area contributed by atoms with Crippen LogP contribution in [-0.2, 0) is 28.1 Å². The van der Waals surface area contributed by atoms with Gasteiger partial charge in [-0.15, -0.1) is 0 Å². The number of carboxylic acids is 2. The molecule has 0 saturated carbocycles. The van der Waals surface area contributed by atoms with E-state index in [-0.39, 0.29) is 24.0 Å². The van der Waals surface area contributed by atoms with E-state index in [0.29, 0.717) is 0 Å². The van der Waals surface area contributed by atoms with Gasteiger partial charge in [0.1, 0.15) is 0 Å². The predicted octanol–water partition coefficient (Wildman–Crippen LogP) is -3.31. The predicted molar refractivity (Wildman–Crippen MR) is 25.0 cm³/mol. The third kappa shape index (κ3) is 1180. The maximum absolute atomic E-state index is 8.89. The Morgan fingerprint density at radius 2 is 1.00 bits per heavy atom. The van der Waals surface area contributed by atoms with Crippen LogP contribution >= 0.6 is 0 Å². The third-order valence-corrected chi connectivity index (χ3v) is 0. The van der Waals surface area contributed by atoms with Crippen molar-refractivity contribution in [2.24, 2.45) is 0 Å². The number of carbonyl (C=O) groups excluding carboxylic acids is 2. The van der Waals surface area contributed by atoms with E-state index < -0.39 is 11.9 Å². The van der Waals surface area contributed by atoms with E-state index in [1.807, 2.05) is 0 Å². The fourth-order valence-electron chi connectivity index (χ4n) is 0. The minimum atomic E-state index is -1.08. The van der Waals surface area contributed by atoms with Crippen LogP contribution in [0.25, 0.3) is 0 Å². The molecule has 2 N–H and O–H groups in total. The summed E-state index contributed by atoms with van der Waals surface area (Å²) in [6, 6.07) is 0. The Labute approximate surface area is 70.2 Å². The molecule has 0 saturated heterocycles. The van der Waals surface area contributed by atoms with Gasteiger partial charge in [0, 0.05) is 11.9 Å². The van der Waals surface area contributed by atoms with Crippen molar-refractivity contribution in [3.8, 4) is 0 Å². The average Bonchev–Trinajstić information content (AvgIpc) is 1.25. The molecule has 10 heavy (non-hydrogen) atoms.